The molecule has 1 aromatic heterocycles. The molecule has 0 saturated heterocycles. The number of nitro benzene ring substituents is 1. The largest absolute Gasteiger partial charge is 0.479 e. The van der Waals surface area contributed by atoms with E-state index in [1.807, 2.05) is 6.92 Å². The van der Waals surface area contributed by atoms with Crippen molar-refractivity contribution < 1.29 is 14.8 Å². The van der Waals surface area contributed by atoms with E-state index in [1.54, 1.807) is 10.7 Å². The Morgan fingerprint density at radius 2 is 2.29 bits per heavy atom. The van der Waals surface area contributed by atoms with Gasteiger partial charge in [0.1, 0.15) is 12.9 Å². The van der Waals surface area contributed by atoms with E-state index >= 15 is 0 Å². The van der Waals surface area contributed by atoms with E-state index in [4.69, 9.17) is 9.84 Å². The van der Waals surface area contributed by atoms with Crippen LogP contribution < -0.4 is 4.74 Å². The molecule has 0 bridgehead atoms. The number of ether oxygens (including phenoxy) is 1. The van der Waals surface area contributed by atoms with Crippen LogP contribution in [-0.4, -0.2) is 24.8 Å². The minimum atomic E-state index is -0.536. The summed E-state index contributed by atoms with van der Waals surface area (Å²) >= 11 is 0. The van der Waals surface area contributed by atoms with Crippen LogP contribution in [0, 0.1) is 10.1 Å². The lowest BCUT2D eigenvalue weighted by Gasteiger charge is -2.08. The average molecular weight is 292 g/mol. The molecule has 2 aromatic rings. The number of aliphatic hydroxyl groups excluding tert-OH is 1. The predicted octanol–water partition coefficient (Wildman–Crippen LogP) is 1.67. The van der Waals surface area contributed by atoms with Gasteiger partial charge in [-0.25, -0.2) is 9.67 Å². The first-order valence-corrected chi connectivity index (χ1v) is 6.53. The molecule has 8 nitrogen and oxygen atoms in total. The van der Waals surface area contributed by atoms with Crippen LogP contribution in [0.25, 0.3) is 0 Å². The van der Waals surface area contributed by atoms with E-state index < -0.39 is 4.92 Å². The summed E-state index contributed by atoms with van der Waals surface area (Å²) in [4.78, 5) is 14.6. The number of aromatic nitrogens is 3. The van der Waals surface area contributed by atoms with Crippen molar-refractivity contribution in [1.29, 1.82) is 0 Å². The molecule has 0 amide bonds. The standard InChI is InChI=1S/C13H16N4O4/c1-2-5-16-13(14-9-15-16)8-21-12-4-3-10(7-18)6-11(12)17(19)20/h3-4,6,9,18H,2,5,7-8H2,1H3. The molecule has 1 N–H and O–H groups in total. The van der Waals surface area contributed by atoms with Gasteiger partial charge in [0, 0.05) is 12.6 Å². The van der Waals surface area contributed by atoms with Gasteiger partial charge in [-0.05, 0) is 18.1 Å². The monoisotopic (exact) mass is 292 g/mol. The maximum absolute atomic E-state index is 11.0. The van der Waals surface area contributed by atoms with Gasteiger partial charge in [-0.3, -0.25) is 10.1 Å². The molecule has 0 aliphatic heterocycles. The second kappa shape index (κ2) is 6.80. The van der Waals surface area contributed by atoms with Crippen molar-refractivity contribution in [1.82, 2.24) is 14.8 Å². The van der Waals surface area contributed by atoms with Gasteiger partial charge in [0.05, 0.1) is 11.5 Å². The maximum Gasteiger partial charge on any atom is 0.311 e. The third-order valence-electron chi connectivity index (χ3n) is 2.89. The smallest absolute Gasteiger partial charge is 0.311 e. The fraction of sp³-hybridized carbons (Fsp3) is 0.385. The normalized spacial score (nSPS) is 10.6. The number of nitrogens with zero attached hydrogens (tertiary/aromatic N) is 4. The van der Waals surface area contributed by atoms with Gasteiger partial charge in [0.25, 0.3) is 0 Å². The van der Waals surface area contributed by atoms with Gasteiger partial charge in [-0.15, -0.1) is 0 Å². The van der Waals surface area contributed by atoms with Crippen LogP contribution >= 0.6 is 0 Å². The van der Waals surface area contributed by atoms with E-state index in [-0.39, 0.29) is 24.7 Å². The predicted molar refractivity (Wildman–Crippen MR) is 73.7 cm³/mol. The quantitative estimate of drug-likeness (QED) is 0.615. The molecule has 21 heavy (non-hydrogen) atoms. The Morgan fingerprint density at radius 1 is 1.48 bits per heavy atom. The first-order valence-electron chi connectivity index (χ1n) is 6.53. The van der Waals surface area contributed by atoms with Crippen LogP contribution in [0.5, 0.6) is 5.75 Å². The van der Waals surface area contributed by atoms with E-state index in [2.05, 4.69) is 10.1 Å². The molecular weight excluding hydrogens is 276 g/mol. The Bertz CT molecular complexity index is 626. The van der Waals surface area contributed by atoms with E-state index in [0.29, 0.717) is 17.9 Å². The molecule has 0 atom stereocenters. The lowest BCUT2D eigenvalue weighted by atomic mass is 10.2. The maximum atomic E-state index is 11.0. The molecular formula is C13H16N4O4. The summed E-state index contributed by atoms with van der Waals surface area (Å²) in [6.07, 6.45) is 2.33. The minimum Gasteiger partial charge on any atom is -0.479 e. The Balaban J connectivity index is 2.15. The molecule has 0 spiro atoms. The molecule has 0 aliphatic rings. The molecule has 1 heterocycles. The Kier molecular flexibility index (Phi) is 4.83. The van der Waals surface area contributed by atoms with Crippen molar-refractivity contribution in [3.05, 3.63) is 46.0 Å². The number of benzene rings is 1. The lowest BCUT2D eigenvalue weighted by molar-refractivity contribution is -0.386. The van der Waals surface area contributed by atoms with Crippen LogP contribution in [-0.2, 0) is 19.8 Å². The number of rotatable bonds is 7. The highest BCUT2D eigenvalue weighted by atomic mass is 16.6. The van der Waals surface area contributed by atoms with Crippen molar-refractivity contribution >= 4 is 5.69 Å². The van der Waals surface area contributed by atoms with Gasteiger partial charge in [0.2, 0.25) is 0 Å². The first-order chi connectivity index (χ1) is 10.2. The summed E-state index contributed by atoms with van der Waals surface area (Å²) in [5.41, 5.74) is 0.284. The fourth-order valence-electron chi connectivity index (χ4n) is 1.87. The summed E-state index contributed by atoms with van der Waals surface area (Å²) in [6.45, 7) is 2.57. The number of hydrogen-bond donors (Lipinski definition) is 1. The Labute approximate surface area is 121 Å². The summed E-state index contributed by atoms with van der Waals surface area (Å²) in [5.74, 6) is 0.751. The van der Waals surface area contributed by atoms with E-state index in [9.17, 15) is 10.1 Å². The zero-order valence-electron chi connectivity index (χ0n) is 11.6. The lowest BCUT2D eigenvalue weighted by Crippen LogP contribution is -2.09. The van der Waals surface area contributed by atoms with Crippen LogP contribution in [0.15, 0.2) is 24.5 Å². The number of nitro groups is 1. The highest BCUT2D eigenvalue weighted by Gasteiger charge is 2.17. The van der Waals surface area contributed by atoms with Gasteiger partial charge in [-0.2, -0.15) is 5.10 Å². The van der Waals surface area contributed by atoms with Crippen LogP contribution in [0.4, 0.5) is 5.69 Å². The molecule has 0 saturated carbocycles. The third-order valence-corrected chi connectivity index (χ3v) is 2.89. The summed E-state index contributed by atoms with van der Waals surface area (Å²) < 4.78 is 7.19. The molecule has 0 radical (unpaired) electrons. The molecule has 1 aromatic carbocycles. The zero-order chi connectivity index (χ0) is 15.2. The molecule has 8 heteroatoms. The minimum absolute atomic E-state index is 0.0965. The molecule has 0 fully saturated rings. The first kappa shape index (κ1) is 14.9. The van der Waals surface area contributed by atoms with Gasteiger partial charge >= 0.3 is 5.69 Å². The van der Waals surface area contributed by atoms with Crippen molar-refractivity contribution in [2.24, 2.45) is 0 Å². The average Bonchev–Trinajstić information content (AvgIpc) is 2.92. The fourth-order valence-corrected chi connectivity index (χ4v) is 1.87. The third kappa shape index (κ3) is 3.54. The topological polar surface area (TPSA) is 103 Å². The summed E-state index contributed by atoms with van der Waals surface area (Å²) in [7, 11) is 0. The van der Waals surface area contributed by atoms with Crippen molar-refractivity contribution in [2.45, 2.75) is 33.1 Å². The second-order valence-corrected chi connectivity index (χ2v) is 4.41. The van der Waals surface area contributed by atoms with E-state index in [0.717, 1.165) is 6.42 Å². The number of aryl methyl sites for hydroxylation is 1. The molecule has 0 unspecified atom stereocenters. The number of aliphatic hydroxyl groups is 1. The number of hydrogen-bond acceptors (Lipinski definition) is 6. The summed E-state index contributed by atoms with van der Waals surface area (Å²) in [5, 5.41) is 24.1. The summed E-state index contributed by atoms with van der Waals surface area (Å²) in [6, 6.07) is 4.36. The van der Waals surface area contributed by atoms with Crippen molar-refractivity contribution in [3.63, 3.8) is 0 Å². The second-order valence-electron chi connectivity index (χ2n) is 4.41. The highest BCUT2D eigenvalue weighted by Crippen LogP contribution is 2.28. The zero-order valence-corrected chi connectivity index (χ0v) is 11.6. The Morgan fingerprint density at radius 3 is 2.95 bits per heavy atom. The van der Waals surface area contributed by atoms with Gasteiger partial charge in [-0.1, -0.05) is 13.0 Å². The van der Waals surface area contributed by atoms with Gasteiger partial charge < -0.3 is 9.84 Å². The SMILES string of the molecule is CCCn1ncnc1COc1ccc(CO)cc1[N+](=O)[O-]. The molecule has 2 rings (SSSR count). The van der Waals surface area contributed by atoms with Crippen molar-refractivity contribution in [3.8, 4) is 5.75 Å². The molecule has 0 aliphatic carbocycles. The van der Waals surface area contributed by atoms with Crippen molar-refractivity contribution in [2.75, 3.05) is 0 Å². The van der Waals surface area contributed by atoms with E-state index in [1.165, 1.54) is 18.5 Å². The molecule has 112 valence electrons. The van der Waals surface area contributed by atoms with Crippen LogP contribution in [0.3, 0.4) is 0 Å². The highest BCUT2D eigenvalue weighted by molar-refractivity contribution is 5.48. The van der Waals surface area contributed by atoms with Crippen LogP contribution in [0.2, 0.25) is 0 Å². The van der Waals surface area contributed by atoms with Gasteiger partial charge in [0.15, 0.2) is 11.6 Å². The van der Waals surface area contributed by atoms with Crippen LogP contribution in [0.1, 0.15) is 24.7 Å². The Hall–Kier alpha value is -2.48.